The standard InChI is InChI=1S/C36H32FN3O5/c37-29-23-32(40-22-21-31(39-35(40)43)38-34(42)25-13-5-1-6-14-25)45-30(33(29)41)24-44-36(26-15-7-2-8-16-26,27-17-9-3-10-18-27)28-19-11-4-12-20-28/h1-22,29-30,32-33,41H,23-24H2,(H,38,39,42,43)/t29-,30-,32-,33+/m1/s1. The number of amides is 1. The van der Waals surface area contributed by atoms with Crippen LogP contribution in [-0.2, 0) is 15.1 Å². The molecule has 2 heterocycles. The molecule has 0 saturated carbocycles. The van der Waals surface area contributed by atoms with Crippen molar-refractivity contribution in [2.45, 2.75) is 36.6 Å². The van der Waals surface area contributed by atoms with Gasteiger partial charge in [-0.2, -0.15) is 4.98 Å². The number of ether oxygens (including phenoxy) is 2. The zero-order valence-electron chi connectivity index (χ0n) is 24.3. The number of carbonyl (C=O) groups excluding carboxylic acids is 1. The minimum absolute atomic E-state index is 0.0518. The number of nitrogens with one attached hydrogen (secondary N) is 1. The van der Waals surface area contributed by atoms with Gasteiger partial charge in [0, 0.05) is 18.2 Å². The van der Waals surface area contributed by atoms with Gasteiger partial charge in [0.15, 0.2) is 0 Å². The van der Waals surface area contributed by atoms with Crippen LogP contribution in [0.4, 0.5) is 10.2 Å². The van der Waals surface area contributed by atoms with Gasteiger partial charge in [0.05, 0.1) is 6.61 Å². The summed E-state index contributed by atoms with van der Waals surface area (Å²) in [7, 11) is 0. The number of carbonyl (C=O) groups is 1. The fraction of sp³-hybridized carbons (Fsp3) is 0.194. The van der Waals surface area contributed by atoms with Crippen molar-refractivity contribution in [2.24, 2.45) is 0 Å². The lowest BCUT2D eigenvalue weighted by molar-refractivity contribution is -0.201. The van der Waals surface area contributed by atoms with Crippen molar-refractivity contribution in [3.05, 3.63) is 166 Å². The molecule has 1 aliphatic rings. The summed E-state index contributed by atoms with van der Waals surface area (Å²) in [4.78, 5) is 29.5. The number of aliphatic hydroxyl groups is 1. The average molecular weight is 606 g/mol. The number of hydrogen-bond acceptors (Lipinski definition) is 6. The lowest BCUT2D eigenvalue weighted by Crippen LogP contribution is -2.50. The summed E-state index contributed by atoms with van der Waals surface area (Å²) in [5.41, 5.74) is 1.09. The molecule has 6 rings (SSSR count). The summed E-state index contributed by atoms with van der Waals surface area (Å²) in [6.07, 6.45) is -4.23. The minimum atomic E-state index is -1.69. The molecule has 1 amide bonds. The number of aliphatic hydroxyl groups excluding tert-OH is 1. The number of alkyl halides is 1. The van der Waals surface area contributed by atoms with Crippen LogP contribution >= 0.6 is 0 Å². The number of hydrogen-bond donors (Lipinski definition) is 2. The molecule has 5 aromatic rings. The lowest BCUT2D eigenvalue weighted by Gasteiger charge is -2.40. The van der Waals surface area contributed by atoms with E-state index in [4.69, 9.17) is 9.47 Å². The molecule has 2 N–H and O–H groups in total. The van der Waals surface area contributed by atoms with Crippen molar-refractivity contribution < 1.29 is 23.8 Å². The quantitative estimate of drug-likeness (QED) is 0.216. The first kappa shape index (κ1) is 30.1. The molecule has 0 radical (unpaired) electrons. The van der Waals surface area contributed by atoms with E-state index in [0.717, 1.165) is 21.3 Å². The molecular formula is C36H32FN3O5. The number of halogens is 1. The van der Waals surface area contributed by atoms with Crippen LogP contribution in [0.15, 0.2) is 138 Å². The Bertz CT molecular complexity index is 1670. The third-order valence-corrected chi connectivity index (χ3v) is 7.93. The fourth-order valence-corrected chi connectivity index (χ4v) is 5.68. The Hall–Kier alpha value is -4.96. The number of anilines is 1. The van der Waals surface area contributed by atoms with E-state index < -0.39 is 41.8 Å². The molecule has 0 spiro atoms. The second-order valence-electron chi connectivity index (χ2n) is 10.8. The Morgan fingerprint density at radius 2 is 1.38 bits per heavy atom. The van der Waals surface area contributed by atoms with Gasteiger partial charge in [-0.1, -0.05) is 109 Å². The van der Waals surface area contributed by atoms with Crippen LogP contribution in [-0.4, -0.2) is 45.6 Å². The zero-order valence-corrected chi connectivity index (χ0v) is 24.3. The van der Waals surface area contributed by atoms with Crippen LogP contribution in [0.2, 0.25) is 0 Å². The molecule has 9 heteroatoms. The molecule has 1 aromatic heterocycles. The third kappa shape index (κ3) is 6.32. The molecule has 4 aromatic carbocycles. The molecule has 4 atom stereocenters. The Morgan fingerprint density at radius 3 is 1.89 bits per heavy atom. The van der Waals surface area contributed by atoms with Crippen LogP contribution in [0.1, 0.15) is 39.7 Å². The van der Waals surface area contributed by atoms with Crippen molar-refractivity contribution in [1.82, 2.24) is 9.55 Å². The number of benzene rings is 4. The highest BCUT2D eigenvalue weighted by Gasteiger charge is 2.43. The van der Waals surface area contributed by atoms with E-state index in [9.17, 15) is 14.7 Å². The zero-order chi connectivity index (χ0) is 31.2. The van der Waals surface area contributed by atoms with Crippen LogP contribution in [0.3, 0.4) is 0 Å². The molecule has 1 saturated heterocycles. The highest BCUT2D eigenvalue weighted by Crippen LogP contribution is 2.41. The predicted octanol–water partition coefficient (Wildman–Crippen LogP) is 5.49. The van der Waals surface area contributed by atoms with E-state index in [2.05, 4.69) is 10.3 Å². The Morgan fingerprint density at radius 1 is 0.867 bits per heavy atom. The fourth-order valence-electron chi connectivity index (χ4n) is 5.68. The summed E-state index contributed by atoms with van der Waals surface area (Å²) in [5.74, 6) is -0.368. The van der Waals surface area contributed by atoms with Crippen molar-refractivity contribution in [1.29, 1.82) is 0 Å². The van der Waals surface area contributed by atoms with E-state index in [1.54, 1.807) is 30.3 Å². The van der Waals surface area contributed by atoms with Crippen molar-refractivity contribution in [2.75, 3.05) is 11.9 Å². The Balaban J connectivity index is 1.27. The first-order valence-corrected chi connectivity index (χ1v) is 14.7. The van der Waals surface area contributed by atoms with Gasteiger partial charge in [-0.3, -0.25) is 9.36 Å². The molecule has 1 aliphatic heterocycles. The second-order valence-corrected chi connectivity index (χ2v) is 10.8. The number of aromatic nitrogens is 2. The van der Waals surface area contributed by atoms with Crippen molar-refractivity contribution in [3.63, 3.8) is 0 Å². The average Bonchev–Trinajstić information content (AvgIpc) is 3.09. The van der Waals surface area contributed by atoms with Gasteiger partial charge >= 0.3 is 5.69 Å². The van der Waals surface area contributed by atoms with Gasteiger partial charge in [-0.15, -0.1) is 0 Å². The van der Waals surface area contributed by atoms with E-state index in [1.165, 1.54) is 12.3 Å². The molecular weight excluding hydrogens is 573 g/mol. The maximum absolute atomic E-state index is 15.3. The highest BCUT2D eigenvalue weighted by atomic mass is 19.1. The normalized spacial score (nSPS) is 20.0. The molecule has 0 aliphatic carbocycles. The van der Waals surface area contributed by atoms with E-state index in [-0.39, 0.29) is 18.8 Å². The maximum Gasteiger partial charge on any atom is 0.351 e. The van der Waals surface area contributed by atoms with Gasteiger partial charge in [-0.25, -0.2) is 9.18 Å². The topological polar surface area (TPSA) is 103 Å². The first-order chi connectivity index (χ1) is 22.0. The largest absolute Gasteiger partial charge is 0.387 e. The number of nitrogens with zero attached hydrogens (tertiary/aromatic N) is 2. The molecule has 0 bridgehead atoms. The van der Waals surface area contributed by atoms with Crippen molar-refractivity contribution in [3.8, 4) is 0 Å². The summed E-state index contributed by atoms with van der Waals surface area (Å²) < 4.78 is 29.4. The SMILES string of the molecule is O=C(Nc1ccn([C@H]2C[C@@H](F)[C@H](O)[C@@H](COC(c3ccccc3)(c3ccccc3)c3ccccc3)O2)c(=O)n1)c1ccccc1. The van der Waals surface area contributed by atoms with Gasteiger partial charge in [-0.05, 0) is 34.9 Å². The summed E-state index contributed by atoms with van der Waals surface area (Å²) in [6.45, 7) is -0.190. The van der Waals surface area contributed by atoms with E-state index in [0.29, 0.717) is 5.56 Å². The van der Waals surface area contributed by atoms with Gasteiger partial charge in [0.25, 0.3) is 5.91 Å². The first-order valence-electron chi connectivity index (χ1n) is 14.7. The Labute approximate surface area is 259 Å². The van der Waals surface area contributed by atoms with Gasteiger partial charge in [0.2, 0.25) is 0 Å². The van der Waals surface area contributed by atoms with E-state index in [1.807, 2.05) is 91.0 Å². The van der Waals surface area contributed by atoms with Gasteiger partial charge in [0.1, 0.15) is 36.0 Å². The van der Waals surface area contributed by atoms with E-state index >= 15 is 4.39 Å². The van der Waals surface area contributed by atoms with Crippen molar-refractivity contribution >= 4 is 11.7 Å². The third-order valence-electron chi connectivity index (χ3n) is 7.93. The summed E-state index contributed by atoms with van der Waals surface area (Å²) >= 11 is 0. The highest BCUT2D eigenvalue weighted by molar-refractivity contribution is 6.03. The van der Waals surface area contributed by atoms with Gasteiger partial charge < -0.3 is 19.9 Å². The number of rotatable bonds is 9. The van der Waals surface area contributed by atoms with Crippen LogP contribution in [0, 0.1) is 0 Å². The Kier molecular flexibility index (Phi) is 8.93. The van der Waals surface area contributed by atoms with Crippen LogP contribution in [0.25, 0.3) is 0 Å². The van der Waals surface area contributed by atoms with Crippen LogP contribution in [0.5, 0.6) is 0 Å². The molecule has 0 unspecified atom stereocenters. The maximum atomic E-state index is 15.3. The minimum Gasteiger partial charge on any atom is -0.387 e. The lowest BCUT2D eigenvalue weighted by atomic mass is 9.80. The molecule has 8 nitrogen and oxygen atoms in total. The smallest absolute Gasteiger partial charge is 0.351 e. The second kappa shape index (κ2) is 13.4. The molecule has 1 fully saturated rings. The summed E-state index contributed by atoms with van der Waals surface area (Å²) in [5, 5.41) is 13.5. The summed E-state index contributed by atoms with van der Waals surface area (Å²) in [6, 6.07) is 39.0. The molecule has 45 heavy (non-hydrogen) atoms. The monoisotopic (exact) mass is 605 g/mol. The molecule has 228 valence electrons. The predicted molar refractivity (Wildman–Crippen MR) is 167 cm³/mol. The van der Waals surface area contributed by atoms with Crippen LogP contribution < -0.4 is 11.0 Å².